The lowest BCUT2D eigenvalue weighted by Crippen LogP contribution is -2.26. The van der Waals surface area contributed by atoms with Gasteiger partial charge in [0.2, 0.25) is 0 Å². The molecule has 6 nitrogen and oxygen atoms in total. The van der Waals surface area contributed by atoms with Crippen LogP contribution < -0.4 is 10.2 Å². The highest BCUT2D eigenvalue weighted by molar-refractivity contribution is 6.35. The van der Waals surface area contributed by atoms with Crippen molar-refractivity contribution in [3.05, 3.63) is 51.5 Å². The van der Waals surface area contributed by atoms with E-state index < -0.39 is 5.91 Å². The van der Waals surface area contributed by atoms with Gasteiger partial charge in [0.05, 0.1) is 10.7 Å². The van der Waals surface area contributed by atoms with Crippen molar-refractivity contribution in [3.8, 4) is 0 Å². The van der Waals surface area contributed by atoms with Crippen molar-refractivity contribution in [3.63, 3.8) is 0 Å². The van der Waals surface area contributed by atoms with E-state index in [4.69, 9.17) is 39.6 Å². The average Bonchev–Trinajstić information content (AvgIpc) is 2.91. The third-order valence-corrected chi connectivity index (χ3v) is 3.70. The number of halogens is 3. The second-order valence-electron chi connectivity index (χ2n) is 4.54. The predicted octanol–water partition coefficient (Wildman–Crippen LogP) is 3.46. The van der Waals surface area contributed by atoms with Crippen LogP contribution in [-0.2, 0) is 4.79 Å². The van der Waals surface area contributed by atoms with Gasteiger partial charge in [-0.25, -0.2) is 0 Å². The number of carbonyl (C=O) groups excluding carboxylic acids is 1. The van der Waals surface area contributed by atoms with E-state index in [1.807, 2.05) is 0 Å². The van der Waals surface area contributed by atoms with Crippen LogP contribution >= 0.6 is 34.8 Å². The SMILES string of the molecule is O=C(COn1nnc2ccc(Cl)cc21)Nc1cc(Cl)ccc1Cl. The normalized spacial score (nSPS) is 10.7. The van der Waals surface area contributed by atoms with Crippen molar-refractivity contribution in [2.24, 2.45) is 0 Å². The first-order valence-electron chi connectivity index (χ1n) is 6.42. The zero-order chi connectivity index (χ0) is 16.4. The maximum atomic E-state index is 11.9. The summed E-state index contributed by atoms with van der Waals surface area (Å²) in [5.41, 5.74) is 1.57. The van der Waals surface area contributed by atoms with E-state index in [2.05, 4.69) is 15.6 Å². The minimum atomic E-state index is -0.417. The number of amides is 1. The number of carbonyl (C=O) groups is 1. The van der Waals surface area contributed by atoms with E-state index in [1.54, 1.807) is 36.4 Å². The minimum Gasteiger partial charge on any atom is -0.385 e. The fourth-order valence-corrected chi connectivity index (χ4v) is 2.37. The quantitative estimate of drug-likeness (QED) is 0.762. The highest BCUT2D eigenvalue weighted by Gasteiger charge is 2.10. The molecule has 0 unspecified atom stereocenters. The van der Waals surface area contributed by atoms with Gasteiger partial charge < -0.3 is 10.2 Å². The molecule has 0 radical (unpaired) electrons. The summed E-state index contributed by atoms with van der Waals surface area (Å²) in [5, 5.41) is 11.7. The topological polar surface area (TPSA) is 69.0 Å². The summed E-state index contributed by atoms with van der Waals surface area (Å²) in [4.78, 5) is 18.4. The number of nitrogens with one attached hydrogen (secondary N) is 1. The van der Waals surface area contributed by atoms with Gasteiger partial charge in [0.15, 0.2) is 6.61 Å². The number of anilines is 1. The molecule has 23 heavy (non-hydrogen) atoms. The molecule has 0 saturated carbocycles. The molecule has 0 saturated heterocycles. The Kier molecular flexibility index (Phi) is 4.56. The average molecular weight is 372 g/mol. The van der Waals surface area contributed by atoms with Crippen molar-refractivity contribution in [2.75, 3.05) is 11.9 Å². The molecule has 3 aromatic rings. The molecule has 1 aromatic heterocycles. The van der Waals surface area contributed by atoms with Crippen LogP contribution in [0.2, 0.25) is 15.1 Å². The van der Waals surface area contributed by atoms with Gasteiger partial charge in [-0.3, -0.25) is 4.79 Å². The third-order valence-electron chi connectivity index (χ3n) is 2.90. The maximum Gasteiger partial charge on any atom is 0.265 e. The van der Waals surface area contributed by atoms with Gasteiger partial charge in [0.1, 0.15) is 11.0 Å². The van der Waals surface area contributed by atoms with E-state index in [0.717, 1.165) is 4.85 Å². The largest absolute Gasteiger partial charge is 0.385 e. The highest BCUT2D eigenvalue weighted by atomic mass is 35.5. The van der Waals surface area contributed by atoms with Crippen LogP contribution in [0.25, 0.3) is 11.0 Å². The number of hydrogen-bond acceptors (Lipinski definition) is 4. The Hall–Kier alpha value is -2.02. The molecule has 0 spiro atoms. The third kappa shape index (κ3) is 3.67. The molecule has 9 heteroatoms. The lowest BCUT2D eigenvalue weighted by molar-refractivity contribution is -0.121. The Balaban J connectivity index is 1.68. The summed E-state index contributed by atoms with van der Waals surface area (Å²) in [6.45, 7) is -0.284. The predicted molar refractivity (Wildman–Crippen MR) is 89.1 cm³/mol. The first-order valence-corrected chi connectivity index (χ1v) is 7.55. The minimum absolute atomic E-state index is 0.284. The zero-order valence-electron chi connectivity index (χ0n) is 11.5. The molecular weight excluding hydrogens is 363 g/mol. The van der Waals surface area contributed by atoms with Crippen LogP contribution in [0.5, 0.6) is 0 Å². The highest BCUT2D eigenvalue weighted by Crippen LogP contribution is 2.25. The number of aromatic nitrogens is 3. The fraction of sp³-hybridized carbons (Fsp3) is 0.0714. The van der Waals surface area contributed by atoms with E-state index in [9.17, 15) is 4.79 Å². The van der Waals surface area contributed by atoms with Gasteiger partial charge >= 0.3 is 0 Å². The molecule has 3 rings (SSSR count). The molecule has 0 aliphatic heterocycles. The molecule has 0 aliphatic carbocycles. The van der Waals surface area contributed by atoms with Gasteiger partial charge in [-0.1, -0.05) is 39.6 Å². The van der Waals surface area contributed by atoms with Crippen LogP contribution in [0.1, 0.15) is 0 Å². The standard InChI is InChI=1S/C14H9Cl3N4O2/c15-8-1-3-10(17)12(5-8)18-14(22)7-23-21-13-6-9(16)2-4-11(13)19-20-21/h1-6H,7H2,(H,18,22). The molecule has 2 aromatic carbocycles. The monoisotopic (exact) mass is 370 g/mol. The van der Waals surface area contributed by atoms with E-state index >= 15 is 0 Å². The molecule has 1 N–H and O–H groups in total. The second-order valence-corrected chi connectivity index (χ2v) is 5.82. The number of nitrogens with zero attached hydrogens (tertiary/aromatic N) is 3. The van der Waals surface area contributed by atoms with Gasteiger partial charge in [-0.15, -0.1) is 5.10 Å². The van der Waals surface area contributed by atoms with Crippen LogP contribution in [0.3, 0.4) is 0 Å². The Bertz CT molecular complexity index is 882. The van der Waals surface area contributed by atoms with Crippen LogP contribution in [0.4, 0.5) is 5.69 Å². The summed E-state index contributed by atoms with van der Waals surface area (Å²) < 4.78 is 0. The van der Waals surface area contributed by atoms with E-state index in [1.165, 1.54) is 0 Å². The zero-order valence-corrected chi connectivity index (χ0v) is 13.7. The Morgan fingerprint density at radius 1 is 1.13 bits per heavy atom. The number of benzene rings is 2. The molecular formula is C14H9Cl3N4O2. The van der Waals surface area contributed by atoms with Gasteiger partial charge in [0, 0.05) is 10.0 Å². The first kappa shape index (κ1) is 15.9. The molecule has 0 atom stereocenters. The summed E-state index contributed by atoms with van der Waals surface area (Å²) in [6.07, 6.45) is 0. The van der Waals surface area contributed by atoms with Crippen molar-refractivity contribution in [1.29, 1.82) is 0 Å². The number of hydrogen-bond donors (Lipinski definition) is 1. The van der Waals surface area contributed by atoms with Crippen molar-refractivity contribution < 1.29 is 9.63 Å². The Labute approximate surface area is 145 Å². The van der Waals surface area contributed by atoms with E-state index in [0.29, 0.717) is 31.8 Å². The molecule has 0 bridgehead atoms. The van der Waals surface area contributed by atoms with Crippen molar-refractivity contribution in [1.82, 2.24) is 15.2 Å². The fourth-order valence-electron chi connectivity index (χ4n) is 1.87. The van der Waals surface area contributed by atoms with Crippen LogP contribution in [-0.4, -0.2) is 27.7 Å². The Morgan fingerprint density at radius 3 is 2.70 bits per heavy atom. The Morgan fingerprint density at radius 2 is 1.87 bits per heavy atom. The summed E-state index contributed by atoms with van der Waals surface area (Å²) in [6, 6.07) is 9.80. The van der Waals surface area contributed by atoms with Crippen molar-refractivity contribution in [2.45, 2.75) is 0 Å². The van der Waals surface area contributed by atoms with E-state index in [-0.39, 0.29) is 6.61 Å². The van der Waals surface area contributed by atoms with Crippen molar-refractivity contribution >= 4 is 57.4 Å². The maximum absolute atomic E-state index is 11.9. The molecule has 1 amide bonds. The summed E-state index contributed by atoms with van der Waals surface area (Å²) in [7, 11) is 0. The van der Waals surface area contributed by atoms with Gasteiger partial charge in [-0.05, 0) is 41.6 Å². The second kappa shape index (κ2) is 6.62. The van der Waals surface area contributed by atoms with Gasteiger partial charge in [-0.2, -0.15) is 0 Å². The smallest absolute Gasteiger partial charge is 0.265 e. The number of rotatable bonds is 4. The molecule has 0 aliphatic rings. The molecule has 0 fully saturated rings. The molecule has 1 heterocycles. The lowest BCUT2D eigenvalue weighted by atomic mass is 10.3. The first-order chi connectivity index (χ1) is 11.0. The summed E-state index contributed by atoms with van der Waals surface area (Å²) in [5.74, 6) is -0.417. The van der Waals surface area contributed by atoms with Crippen LogP contribution in [0, 0.1) is 0 Å². The lowest BCUT2D eigenvalue weighted by Gasteiger charge is -2.08. The summed E-state index contributed by atoms with van der Waals surface area (Å²) >= 11 is 17.8. The molecule has 118 valence electrons. The van der Waals surface area contributed by atoms with Crippen LogP contribution in [0.15, 0.2) is 36.4 Å². The van der Waals surface area contributed by atoms with Gasteiger partial charge in [0.25, 0.3) is 5.91 Å². The number of fused-ring (bicyclic) bond motifs is 1.